The zero-order valence-electron chi connectivity index (χ0n) is 12.0. The lowest BCUT2D eigenvalue weighted by Gasteiger charge is -2.32. The number of carbonyl (C=O) groups excluding carboxylic acids is 1. The van der Waals surface area contributed by atoms with E-state index in [0.29, 0.717) is 12.3 Å². The largest absolute Gasteiger partial charge is 0.351 e. The average Bonchev–Trinajstić information content (AvgIpc) is 2.72. The van der Waals surface area contributed by atoms with Gasteiger partial charge in [0.15, 0.2) is 0 Å². The predicted octanol–water partition coefficient (Wildman–Crippen LogP) is 3.01. The summed E-state index contributed by atoms with van der Waals surface area (Å²) in [4.78, 5) is 12.1. The van der Waals surface area contributed by atoms with E-state index in [1.54, 1.807) is 0 Å². The number of rotatable bonds is 6. The highest BCUT2D eigenvalue weighted by Crippen LogP contribution is 2.27. The second-order valence-corrected chi connectivity index (χ2v) is 5.45. The van der Waals surface area contributed by atoms with E-state index in [2.05, 4.69) is 26.1 Å². The van der Waals surface area contributed by atoms with Crippen LogP contribution in [0.2, 0.25) is 0 Å². The van der Waals surface area contributed by atoms with Gasteiger partial charge in [-0.3, -0.25) is 4.79 Å². The van der Waals surface area contributed by atoms with Crippen LogP contribution in [-0.2, 0) is 4.79 Å². The molecule has 1 rings (SSSR count). The minimum atomic E-state index is -0.000215. The van der Waals surface area contributed by atoms with E-state index in [0.717, 1.165) is 32.1 Å². The molecular weight excluding hydrogens is 248 g/mol. The molecule has 2 atom stereocenters. The quantitative estimate of drug-likeness (QED) is 0.784. The second-order valence-electron chi connectivity index (χ2n) is 5.45. The number of carbonyl (C=O) groups is 1. The van der Waals surface area contributed by atoms with E-state index in [-0.39, 0.29) is 29.9 Å². The molecule has 1 fully saturated rings. The normalized spacial score (nSPS) is 23.6. The number of hydrogen-bond donors (Lipinski definition) is 2. The topological polar surface area (TPSA) is 55.1 Å². The van der Waals surface area contributed by atoms with E-state index >= 15 is 0 Å². The van der Waals surface area contributed by atoms with Gasteiger partial charge >= 0.3 is 0 Å². The maximum absolute atomic E-state index is 12.1. The van der Waals surface area contributed by atoms with Crippen molar-refractivity contribution in [2.75, 3.05) is 0 Å². The molecule has 0 unspecified atom stereocenters. The van der Waals surface area contributed by atoms with Gasteiger partial charge in [0, 0.05) is 18.0 Å². The third-order valence-corrected chi connectivity index (χ3v) is 4.60. The van der Waals surface area contributed by atoms with Gasteiger partial charge in [-0.1, -0.05) is 27.2 Å². The summed E-state index contributed by atoms with van der Waals surface area (Å²) in [6.45, 7) is 6.44. The zero-order chi connectivity index (χ0) is 12.9. The number of halogens is 1. The van der Waals surface area contributed by atoms with Crippen LogP contribution < -0.4 is 11.1 Å². The van der Waals surface area contributed by atoms with Crippen LogP contribution in [0.15, 0.2) is 0 Å². The van der Waals surface area contributed by atoms with Crippen molar-refractivity contribution >= 4 is 18.3 Å². The molecule has 108 valence electrons. The van der Waals surface area contributed by atoms with E-state index in [4.69, 9.17) is 5.73 Å². The summed E-state index contributed by atoms with van der Waals surface area (Å²) in [5.41, 5.74) is 6.01. The fourth-order valence-corrected chi connectivity index (χ4v) is 2.92. The average molecular weight is 277 g/mol. The van der Waals surface area contributed by atoms with Gasteiger partial charge < -0.3 is 11.1 Å². The molecule has 0 aliphatic heterocycles. The highest BCUT2D eigenvalue weighted by Gasteiger charge is 2.30. The van der Waals surface area contributed by atoms with Gasteiger partial charge in [0.1, 0.15) is 0 Å². The molecule has 0 radical (unpaired) electrons. The molecule has 0 aromatic carbocycles. The first-order chi connectivity index (χ1) is 8.06. The zero-order valence-corrected chi connectivity index (χ0v) is 12.8. The van der Waals surface area contributed by atoms with E-state index in [1.165, 1.54) is 6.42 Å². The van der Waals surface area contributed by atoms with Gasteiger partial charge in [0.2, 0.25) is 5.91 Å². The van der Waals surface area contributed by atoms with Gasteiger partial charge in [-0.25, -0.2) is 0 Å². The molecule has 3 nitrogen and oxygen atoms in total. The van der Waals surface area contributed by atoms with Crippen molar-refractivity contribution in [1.82, 2.24) is 5.32 Å². The maximum Gasteiger partial charge on any atom is 0.220 e. The highest BCUT2D eigenvalue weighted by molar-refractivity contribution is 5.85. The Hall–Kier alpha value is -0.280. The smallest absolute Gasteiger partial charge is 0.220 e. The summed E-state index contributed by atoms with van der Waals surface area (Å²) in [6.07, 6.45) is 7.00. The van der Waals surface area contributed by atoms with Crippen molar-refractivity contribution in [2.45, 2.75) is 77.3 Å². The highest BCUT2D eigenvalue weighted by atomic mass is 35.5. The Morgan fingerprint density at radius 1 is 1.22 bits per heavy atom. The lowest BCUT2D eigenvalue weighted by atomic mass is 9.89. The van der Waals surface area contributed by atoms with Crippen LogP contribution in [0.4, 0.5) is 0 Å². The van der Waals surface area contributed by atoms with Crippen LogP contribution in [0.25, 0.3) is 0 Å². The third-order valence-electron chi connectivity index (χ3n) is 4.60. The molecule has 0 bridgehead atoms. The van der Waals surface area contributed by atoms with Gasteiger partial charge in [0.05, 0.1) is 0 Å². The van der Waals surface area contributed by atoms with Crippen molar-refractivity contribution < 1.29 is 4.79 Å². The first-order valence-electron chi connectivity index (χ1n) is 7.13. The van der Waals surface area contributed by atoms with Crippen LogP contribution in [0.3, 0.4) is 0 Å². The van der Waals surface area contributed by atoms with Crippen LogP contribution in [-0.4, -0.2) is 17.5 Å². The monoisotopic (exact) mass is 276 g/mol. The molecule has 0 aromatic heterocycles. The van der Waals surface area contributed by atoms with Crippen molar-refractivity contribution in [3.8, 4) is 0 Å². The van der Waals surface area contributed by atoms with Crippen molar-refractivity contribution in [3.05, 3.63) is 0 Å². The van der Waals surface area contributed by atoms with Crippen molar-refractivity contribution in [2.24, 2.45) is 11.7 Å². The SMILES string of the molecule is CCC(CC)(CC)NC(=O)C[C@@H]1CCC[C@H]1N.Cl. The predicted molar refractivity (Wildman–Crippen MR) is 78.9 cm³/mol. The van der Waals surface area contributed by atoms with Crippen LogP contribution >= 0.6 is 12.4 Å². The van der Waals surface area contributed by atoms with Crippen molar-refractivity contribution in [3.63, 3.8) is 0 Å². The second kappa shape index (κ2) is 8.00. The fourth-order valence-electron chi connectivity index (χ4n) is 2.92. The first kappa shape index (κ1) is 17.7. The lowest BCUT2D eigenvalue weighted by molar-refractivity contribution is -0.124. The van der Waals surface area contributed by atoms with Gasteiger partial charge in [-0.2, -0.15) is 0 Å². The Balaban J connectivity index is 0.00000289. The Bertz CT molecular complexity index is 246. The molecule has 1 amide bonds. The minimum absolute atomic E-state index is 0. The Morgan fingerprint density at radius 3 is 2.17 bits per heavy atom. The summed E-state index contributed by atoms with van der Waals surface area (Å²) >= 11 is 0. The fraction of sp³-hybridized carbons (Fsp3) is 0.929. The van der Waals surface area contributed by atoms with E-state index in [9.17, 15) is 4.79 Å². The summed E-state index contributed by atoms with van der Waals surface area (Å²) in [5.74, 6) is 0.594. The third kappa shape index (κ3) is 4.43. The van der Waals surface area contributed by atoms with Crippen LogP contribution in [0.1, 0.15) is 65.7 Å². The molecule has 0 spiro atoms. The summed E-state index contributed by atoms with van der Waals surface area (Å²) in [5, 5.41) is 3.23. The number of nitrogens with one attached hydrogen (secondary N) is 1. The van der Waals surface area contributed by atoms with Gasteiger partial charge in [-0.15, -0.1) is 12.4 Å². The van der Waals surface area contributed by atoms with Crippen molar-refractivity contribution in [1.29, 1.82) is 0 Å². The molecule has 1 aliphatic rings. The van der Waals surface area contributed by atoms with Crippen LogP contribution in [0, 0.1) is 5.92 Å². The van der Waals surface area contributed by atoms with E-state index < -0.39 is 0 Å². The molecule has 0 heterocycles. The first-order valence-corrected chi connectivity index (χ1v) is 7.13. The Kier molecular flexibility index (Phi) is 7.88. The van der Waals surface area contributed by atoms with E-state index in [1.807, 2.05) is 0 Å². The van der Waals surface area contributed by atoms with Crippen LogP contribution in [0.5, 0.6) is 0 Å². The molecule has 3 N–H and O–H groups in total. The molecule has 1 aliphatic carbocycles. The minimum Gasteiger partial charge on any atom is -0.351 e. The van der Waals surface area contributed by atoms with Gasteiger partial charge in [-0.05, 0) is 38.0 Å². The number of amides is 1. The maximum atomic E-state index is 12.1. The Morgan fingerprint density at radius 2 is 1.78 bits per heavy atom. The number of hydrogen-bond acceptors (Lipinski definition) is 2. The summed E-state index contributed by atoms with van der Waals surface area (Å²) in [7, 11) is 0. The lowest BCUT2D eigenvalue weighted by Crippen LogP contribution is -2.48. The summed E-state index contributed by atoms with van der Waals surface area (Å²) < 4.78 is 0. The molecule has 4 heteroatoms. The molecule has 1 saturated carbocycles. The molecule has 0 saturated heterocycles. The molecule has 18 heavy (non-hydrogen) atoms. The summed E-state index contributed by atoms with van der Waals surface area (Å²) in [6, 6.07) is 0.236. The Labute approximate surface area is 118 Å². The molecular formula is C14H29ClN2O. The molecule has 0 aromatic rings. The number of nitrogens with two attached hydrogens (primary N) is 1. The standard InChI is InChI=1S/C14H28N2O.ClH/c1-4-14(5-2,6-3)16-13(17)10-11-8-7-9-12(11)15;/h11-12H,4-10,15H2,1-3H3,(H,16,17);1H/t11-,12+;/m0./s1. The van der Waals surface area contributed by atoms with Gasteiger partial charge in [0.25, 0.3) is 0 Å².